The summed E-state index contributed by atoms with van der Waals surface area (Å²) in [5.41, 5.74) is 4.76. The predicted molar refractivity (Wildman–Crippen MR) is 90.6 cm³/mol. The molecular weight excluding hydrogens is 310 g/mol. The summed E-state index contributed by atoms with van der Waals surface area (Å²) >= 11 is 0. The summed E-state index contributed by atoms with van der Waals surface area (Å²) in [6, 6.07) is 12.5. The van der Waals surface area contributed by atoms with Crippen LogP contribution in [0.5, 0.6) is 0 Å². The van der Waals surface area contributed by atoms with Crippen molar-refractivity contribution in [3.63, 3.8) is 0 Å². The highest BCUT2D eigenvalue weighted by atomic mass is 32.2. The zero-order valence-corrected chi connectivity index (χ0v) is 13.7. The van der Waals surface area contributed by atoms with E-state index < -0.39 is 9.84 Å². The quantitative estimate of drug-likeness (QED) is 0.882. The van der Waals surface area contributed by atoms with Gasteiger partial charge in [-0.1, -0.05) is 36.4 Å². The monoisotopic (exact) mass is 327 g/mol. The topological polar surface area (TPSA) is 63.2 Å². The Hall–Kier alpha value is -2.40. The number of allylic oxidation sites excluding steroid dienone is 1. The summed E-state index contributed by atoms with van der Waals surface area (Å²) in [5.74, 6) is 0. The number of nitrogens with one attached hydrogen (secondary N) is 1. The molecule has 0 fully saturated rings. The second kappa shape index (κ2) is 5.66. The van der Waals surface area contributed by atoms with Crippen LogP contribution >= 0.6 is 0 Å². The number of benzene rings is 2. The van der Waals surface area contributed by atoms with Crippen molar-refractivity contribution in [1.82, 2.24) is 5.32 Å². The van der Waals surface area contributed by atoms with E-state index in [0.29, 0.717) is 6.41 Å². The lowest BCUT2D eigenvalue weighted by molar-refractivity contribution is -0.110. The van der Waals surface area contributed by atoms with Crippen molar-refractivity contribution in [3.05, 3.63) is 64.7 Å². The molecule has 0 radical (unpaired) electrons. The second-order valence-electron chi connectivity index (χ2n) is 5.70. The minimum atomic E-state index is -3.31. The summed E-state index contributed by atoms with van der Waals surface area (Å²) in [4.78, 5) is 11.4. The van der Waals surface area contributed by atoms with Gasteiger partial charge in [0.15, 0.2) is 9.84 Å². The minimum Gasteiger partial charge on any atom is -0.348 e. The number of hydrogen-bond donors (Lipinski definition) is 1. The fraction of sp³-hybridized carbons (Fsp3) is 0.167. The zero-order chi connectivity index (χ0) is 16.6. The normalized spacial score (nSPS) is 16.6. The number of carbonyl (C=O) groups excluding carboxylic acids is 1. The standard InChI is InChI=1S/C18H17NO3S/c1-12-9-13-7-8-14(23(2,21)22)10-17(13)18(19-11-20)16-6-4-3-5-15(12)16/h3-11,18H,1-2H3,(H,19,20). The lowest BCUT2D eigenvalue weighted by Crippen LogP contribution is -2.22. The van der Waals surface area contributed by atoms with Gasteiger partial charge >= 0.3 is 0 Å². The molecule has 0 aliphatic heterocycles. The molecule has 23 heavy (non-hydrogen) atoms. The molecule has 4 nitrogen and oxygen atoms in total. The van der Waals surface area contributed by atoms with Crippen molar-refractivity contribution < 1.29 is 13.2 Å². The van der Waals surface area contributed by atoms with Crippen LogP contribution in [0, 0.1) is 0 Å². The maximum absolute atomic E-state index is 11.9. The highest BCUT2D eigenvalue weighted by molar-refractivity contribution is 7.90. The molecule has 1 N–H and O–H groups in total. The van der Waals surface area contributed by atoms with Gasteiger partial charge in [0.2, 0.25) is 6.41 Å². The number of fused-ring (bicyclic) bond motifs is 2. The number of amides is 1. The lowest BCUT2D eigenvalue weighted by Gasteiger charge is -2.20. The van der Waals surface area contributed by atoms with Gasteiger partial charge in [0.05, 0.1) is 10.9 Å². The minimum absolute atomic E-state index is 0.249. The number of sulfone groups is 1. The van der Waals surface area contributed by atoms with Gasteiger partial charge in [0.1, 0.15) is 0 Å². The first-order valence-corrected chi connectivity index (χ1v) is 9.12. The Bertz CT molecular complexity index is 914. The molecule has 1 atom stereocenters. The Labute approximate surface area is 135 Å². The third kappa shape index (κ3) is 2.80. The van der Waals surface area contributed by atoms with Gasteiger partial charge in [-0.25, -0.2) is 8.42 Å². The highest BCUT2D eigenvalue weighted by Gasteiger charge is 2.24. The first-order valence-electron chi connectivity index (χ1n) is 7.23. The van der Waals surface area contributed by atoms with Crippen LogP contribution in [0.25, 0.3) is 11.6 Å². The highest BCUT2D eigenvalue weighted by Crippen LogP contribution is 2.37. The molecule has 0 heterocycles. The molecule has 118 valence electrons. The van der Waals surface area contributed by atoms with Gasteiger partial charge in [0, 0.05) is 6.26 Å². The number of rotatable bonds is 3. The molecule has 0 saturated heterocycles. The Morgan fingerprint density at radius 3 is 2.52 bits per heavy atom. The van der Waals surface area contributed by atoms with Gasteiger partial charge in [-0.3, -0.25) is 4.79 Å². The molecule has 1 unspecified atom stereocenters. The van der Waals surface area contributed by atoms with Crippen molar-refractivity contribution in [2.75, 3.05) is 6.26 Å². The average molecular weight is 327 g/mol. The third-order valence-corrected chi connectivity index (χ3v) is 5.21. The largest absolute Gasteiger partial charge is 0.348 e. The molecular formula is C18H17NO3S. The van der Waals surface area contributed by atoms with E-state index in [1.165, 1.54) is 6.26 Å². The third-order valence-electron chi connectivity index (χ3n) is 4.10. The van der Waals surface area contributed by atoms with E-state index in [1.54, 1.807) is 18.2 Å². The molecule has 1 aliphatic carbocycles. The van der Waals surface area contributed by atoms with Crippen LogP contribution in [0.2, 0.25) is 0 Å². The van der Waals surface area contributed by atoms with Crippen LogP contribution in [-0.2, 0) is 14.6 Å². The van der Waals surface area contributed by atoms with Crippen molar-refractivity contribution in [2.24, 2.45) is 0 Å². The number of hydrogen-bond acceptors (Lipinski definition) is 3. The maximum Gasteiger partial charge on any atom is 0.207 e. The van der Waals surface area contributed by atoms with Crippen molar-refractivity contribution in [1.29, 1.82) is 0 Å². The van der Waals surface area contributed by atoms with Gasteiger partial charge < -0.3 is 5.32 Å². The summed E-state index contributed by atoms with van der Waals surface area (Å²) in [6.45, 7) is 2.01. The summed E-state index contributed by atoms with van der Waals surface area (Å²) < 4.78 is 23.7. The van der Waals surface area contributed by atoms with Crippen molar-refractivity contribution in [3.8, 4) is 0 Å². The van der Waals surface area contributed by atoms with E-state index in [0.717, 1.165) is 27.8 Å². The first kappa shape index (κ1) is 15.5. The van der Waals surface area contributed by atoms with E-state index in [2.05, 4.69) is 5.32 Å². The van der Waals surface area contributed by atoms with E-state index >= 15 is 0 Å². The van der Waals surface area contributed by atoms with Crippen molar-refractivity contribution in [2.45, 2.75) is 17.9 Å². The summed E-state index contributed by atoms with van der Waals surface area (Å²) in [5, 5.41) is 2.83. The molecule has 0 aromatic heterocycles. The summed E-state index contributed by atoms with van der Waals surface area (Å²) in [6.07, 6.45) is 3.86. The zero-order valence-electron chi connectivity index (χ0n) is 12.9. The van der Waals surface area contributed by atoms with Crippen LogP contribution in [0.3, 0.4) is 0 Å². The van der Waals surface area contributed by atoms with Crippen LogP contribution in [0.1, 0.15) is 35.2 Å². The fourth-order valence-electron chi connectivity index (χ4n) is 3.00. The SMILES string of the molecule is CC1=Cc2ccc(S(C)(=O)=O)cc2C(NC=O)c2ccccc21. The second-order valence-corrected chi connectivity index (χ2v) is 7.71. The van der Waals surface area contributed by atoms with Crippen LogP contribution in [0.15, 0.2) is 47.4 Å². The Morgan fingerprint density at radius 2 is 1.83 bits per heavy atom. The first-order chi connectivity index (χ1) is 10.9. The average Bonchev–Trinajstić information content (AvgIpc) is 2.62. The predicted octanol–water partition coefficient (Wildman–Crippen LogP) is 2.80. The van der Waals surface area contributed by atoms with Crippen LogP contribution in [0.4, 0.5) is 0 Å². The lowest BCUT2D eigenvalue weighted by atomic mass is 9.93. The Morgan fingerprint density at radius 1 is 1.09 bits per heavy atom. The molecule has 0 bridgehead atoms. The number of carbonyl (C=O) groups is 1. The molecule has 0 spiro atoms. The van der Waals surface area contributed by atoms with Gasteiger partial charge in [-0.15, -0.1) is 0 Å². The Balaban J connectivity index is 2.31. The molecule has 5 heteroatoms. The van der Waals surface area contributed by atoms with E-state index in [-0.39, 0.29) is 10.9 Å². The van der Waals surface area contributed by atoms with Crippen LogP contribution < -0.4 is 5.32 Å². The van der Waals surface area contributed by atoms with Gasteiger partial charge in [-0.2, -0.15) is 0 Å². The molecule has 1 amide bonds. The molecule has 1 aliphatic rings. The van der Waals surface area contributed by atoms with E-state index in [4.69, 9.17) is 0 Å². The molecule has 2 aromatic rings. The fourth-order valence-corrected chi connectivity index (χ4v) is 3.66. The summed E-state index contributed by atoms with van der Waals surface area (Å²) in [7, 11) is -3.31. The van der Waals surface area contributed by atoms with Gasteiger partial charge in [-0.05, 0) is 46.9 Å². The van der Waals surface area contributed by atoms with E-state index in [9.17, 15) is 13.2 Å². The molecule has 0 saturated carbocycles. The van der Waals surface area contributed by atoms with Crippen molar-refractivity contribution >= 4 is 27.9 Å². The molecule has 3 rings (SSSR count). The van der Waals surface area contributed by atoms with Gasteiger partial charge in [0.25, 0.3) is 0 Å². The van der Waals surface area contributed by atoms with Crippen LogP contribution in [-0.4, -0.2) is 21.1 Å². The molecule has 2 aromatic carbocycles. The Kier molecular flexibility index (Phi) is 3.82. The maximum atomic E-state index is 11.9. The van der Waals surface area contributed by atoms with E-state index in [1.807, 2.05) is 37.3 Å². The smallest absolute Gasteiger partial charge is 0.207 e.